The van der Waals surface area contributed by atoms with Crippen LogP contribution in [0.3, 0.4) is 0 Å². The third-order valence-corrected chi connectivity index (χ3v) is 4.47. The maximum atomic E-state index is 12.4. The second kappa shape index (κ2) is 6.93. The molecule has 1 heterocycles. The van der Waals surface area contributed by atoms with E-state index in [4.69, 9.17) is 9.84 Å². The van der Waals surface area contributed by atoms with Crippen LogP contribution in [0.4, 0.5) is 5.69 Å². The van der Waals surface area contributed by atoms with Crippen LogP contribution in [0.15, 0.2) is 24.3 Å². The Balaban J connectivity index is 2.26. The summed E-state index contributed by atoms with van der Waals surface area (Å²) in [6, 6.07) is 5.91. The van der Waals surface area contributed by atoms with E-state index in [9.17, 15) is 19.7 Å². The molecule has 2 rings (SSSR count). The molecule has 9 heteroatoms. The minimum Gasteiger partial charge on any atom is -0.481 e. The number of carbonyl (C=O) groups excluding carboxylic acids is 1. The highest BCUT2D eigenvalue weighted by molar-refractivity contribution is 7.20. The predicted octanol–water partition coefficient (Wildman–Crippen LogP) is 2.42. The van der Waals surface area contributed by atoms with E-state index in [0.29, 0.717) is 10.3 Å². The number of benzene rings is 1. The van der Waals surface area contributed by atoms with E-state index in [0.717, 1.165) is 4.70 Å². The molecule has 0 radical (unpaired) electrons. The van der Waals surface area contributed by atoms with E-state index in [1.165, 1.54) is 30.6 Å². The number of hydrogen-bond acceptors (Lipinski definition) is 6. The number of carbonyl (C=O) groups is 2. The number of ether oxygens (including phenoxy) is 1. The predicted molar refractivity (Wildman–Crippen MR) is 88.5 cm³/mol. The van der Waals surface area contributed by atoms with Crippen molar-refractivity contribution in [1.29, 1.82) is 0 Å². The molecule has 1 amide bonds. The van der Waals surface area contributed by atoms with Gasteiger partial charge < -0.3 is 15.2 Å². The Morgan fingerprint density at radius 1 is 1.42 bits per heavy atom. The molecule has 0 spiro atoms. The average Bonchev–Trinajstić information content (AvgIpc) is 2.89. The van der Waals surface area contributed by atoms with E-state index >= 15 is 0 Å². The quantitative estimate of drug-likeness (QED) is 0.583. The Hall–Kier alpha value is -2.52. The highest BCUT2D eigenvalue weighted by atomic mass is 32.1. The van der Waals surface area contributed by atoms with Gasteiger partial charge in [0.15, 0.2) is 0 Å². The number of rotatable bonds is 7. The van der Waals surface area contributed by atoms with Gasteiger partial charge in [0.05, 0.1) is 28.4 Å². The van der Waals surface area contributed by atoms with Crippen LogP contribution in [0, 0.1) is 10.1 Å². The largest absolute Gasteiger partial charge is 0.481 e. The summed E-state index contributed by atoms with van der Waals surface area (Å²) in [5.41, 5.74) is -1.11. The lowest BCUT2D eigenvalue weighted by Gasteiger charge is -2.28. The van der Waals surface area contributed by atoms with Crippen LogP contribution in [-0.2, 0) is 9.53 Å². The van der Waals surface area contributed by atoms with Gasteiger partial charge in [-0.25, -0.2) is 0 Å². The fourth-order valence-corrected chi connectivity index (χ4v) is 3.31. The van der Waals surface area contributed by atoms with Crippen LogP contribution in [0.1, 0.15) is 23.0 Å². The lowest BCUT2D eigenvalue weighted by atomic mass is 9.99. The first-order chi connectivity index (χ1) is 11.2. The molecule has 0 aliphatic carbocycles. The summed E-state index contributed by atoms with van der Waals surface area (Å²) >= 11 is 1.18. The van der Waals surface area contributed by atoms with Gasteiger partial charge in [-0.2, -0.15) is 0 Å². The topological polar surface area (TPSA) is 119 Å². The Morgan fingerprint density at radius 3 is 2.71 bits per heavy atom. The molecule has 1 aromatic carbocycles. The number of nitro groups is 1. The van der Waals surface area contributed by atoms with Crippen molar-refractivity contribution >= 4 is 39.0 Å². The number of nitrogens with zero attached hydrogens (tertiary/aromatic N) is 1. The number of carboxylic acid groups (broad SMARTS) is 1. The summed E-state index contributed by atoms with van der Waals surface area (Å²) in [4.78, 5) is 34.1. The zero-order chi connectivity index (χ0) is 17.9. The first kappa shape index (κ1) is 17.8. The highest BCUT2D eigenvalue weighted by Gasteiger charge is 2.30. The van der Waals surface area contributed by atoms with Crippen molar-refractivity contribution in [2.45, 2.75) is 18.9 Å². The molecule has 2 N–H and O–H groups in total. The maximum Gasteiger partial charge on any atom is 0.305 e. The highest BCUT2D eigenvalue weighted by Crippen LogP contribution is 2.29. The summed E-state index contributed by atoms with van der Waals surface area (Å²) in [5, 5.41) is 23.1. The van der Waals surface area contributed by atoms with Gasteiger partial charge in [0.25, 0.3) is 11.6 Å². The van der Waals surface area contributed by atoms with Crippen molar-refractivity contribution in [3.05, 3.63) is 39.3 Å². The molecular formula is C15H16N2O6S. The SMILES string of the molecule is COCC(C)(CC(=O)O)NC(=O)c1cc2cc([N+](=O)[O-])ccc2s1. The van der Waals surface area contributed by atoms with Gasteiger partial charge in [-0.15, -0.1) is 11.3 Å². The number of methoxy groups -OCH3 is 1. The van der Waals surface area contributed by atoms with Crippen molar-refractivity contribution in [2.75, 3.05) is 13.7 Å². The third kappa shape index (κ3) is 4.06. The van der Waals surface area contributed by atoms with Gasteiger partial charge in [0.2, 0.25) is 0 Å². The molecule has 0 fully saturated rings. The summed E-state index contributed by atoms with van der Waals surface area (Å²) in [6.07, 6.45) is -0.289. The summed E-state index contributed by atoms with van der Waals surface area (Å²) < 4.78 is 5.73. The minimum atomic E-state index is -1.06. The van der Waals surface area contributed by atoms with Crippen LogP contribution < -0.4 is 5.32 Å². The number of nitro benzene ring substituents is 1. The molecule has 0 bridgehead atoms. The monoisotopic (exact) mass is 352 g/mol. The van der Waals surface area contributed by atoms with Gasteiger partial charge in [0.1, 0.15) is 0 Å². The van der Waals surface area contributed by atoms with E-state index in [-0.39, 0.29) is 18.7 Å². The minimum absolute atomic E-state index is 0.0431. The normalized spacial score (nSPS) is 13.4. The van der Waals surface area contributed by atoms with Crippen molar-refractivity contribution in [2.24, 2.45) is 0 Å². The average molecular weight is 352 g/mol. The van der Waals surface area contributed by atoms with Gasteiger partial charge in [-0.1, -0.05) is 0 Å². The molecule has 128 valence electrons. The Labute approximate surface area is 141 Å². The number of nitrogens with one attached hydrogen (secondary N) is 1. The fourth-order valence-electron chi connectivity index (χ4n) is 2.38. The molecule has 1 unspecified atom stereocenters. The number of aliphatic carboxylic acids is 1. The standard InChI is InChI=1S/C15H16N2O6S/c1-15(8-23-2,7-13(18)19)16-14(20)12-6-9-5-10(17(21)22)3-4-11(9)24-12/h3-6H,7-8H2,1-2H3,(H,16,20)(H,18,19). The van der Waals surface area contributed by atoms with Gasteiger partial charge in [-0.3, -0.25) is 19.7 Å². The van der Waals surface area contributed by atoms with E-state index in [2.05, 4.69) is 5.32 Å². The number of fused-ring (bicyclic) bond motifs is 1. The van der Waals surface area contributed by atoms with Crippen LogP contribution in [0.25, 0.3) is 10.1 Å². The van der Waals surface area contributed by atoms with Crippen LogP contribution in [0.2, 0.25) is 0 Å². The zero-order valence-electron chi connectivity index (χ0n) is 13.1. The third-order valence-electron chi connectivity index (χ3n) is 3.35. The molecule has 0 saturated heterocycles. The second-order valence-electron chi connectivity index (χ2n) is 5.61. The number of non-ortho nitro benzene ring substituents is 1. The number of amides is 1. The molecule has 2 aromatic rings. The molecule has 24 heavy (non-hydrogen) atoms. The number of carboxylic acids is 1. The van der Waals surface area contributed by atoms with Crippen molar-refractivity contribution in [1.82, 2.24) is 5.32 Å². The van der Waals surface area contributed by atoms with Crippen molar-refractivity contribution in [3.63, 3.8) is 0 Å². The van der Waals surface area contributed by atoms with Crippen molar-refractivity contribution < 1.29 is 24.4 Å². The van der Waals surface area contributed by atoms with Crippen LogP contribution >= 0.6 is 11.3 Å². The molecule has 0 saturated carbocycles. The van der Waals surface area contributed by atoms with Gasteiger partial charge >= 0.3 is 5.97 Å². The first-order valence-corrected chi connectivity index (χ1v) is 7.77. The molecule has 1 atom stereocenters. The Kier molecular flexibility index (Phi) is 5.15. The smallest absolute Gasteiger partial charge is 0.305 e. The van der Waals surface area contributed by atoms with Crippen LogP contribution in [-0.4, -0.2) is 41.2 Å². The van der Waals surface area contributed by atoms with E-state index in [1.54, 1.807) is 19.1 Å². The molecule has 8 nitrogen and oxygen atoms in total. The molecular weight excluding hydrogens is 336 g/mol. The maximum absolute atomic E-state index is 12.4. The Bertz CT molecular complexity index is 802. The van der Waals surface area contributed by atoms with E-state index in [1.807, 2.05) is 0 Å². The molecule has 0 aliphatic heterocycles. The summed E-state index contributed by atoms with van der Waals surface area (Å²) in [7, 11) is 1.42. The van der Waals surface area contributed by atoms with E-state index < -0.39 is 22.3 Å². The molecule has 1 aromatic heterocycles. The molecule has 0 aliphatic rings. The lowest BCUT2D eigenvalue weighted by molar-refractivity contribution is -0.384. The lowest BCUT2D eigenvalue weighted by Crippen LogP contribution is -2.50. The van der Waals surface area contributed by atoms with Crippen LogP contribution in [0.5, 0.6) is 0 Å². The zero-order valence-corrected chi connectivity index (χ0v) is 13.9. The Morgan fingerprint density at radius 2 is 2.12 bits per heavy atom. The number of thiophene rings is 1. The van der Waals surface area contributed by atoms with Gasteiger partial charge in [-0.05, 0) is 19.1 Å². The van der Waals surface area contributed by atoms with Crippen molar-refractivity contribution in [3.8, 4) is 0 Å². The summed E-state index contributed by atoms with van der Waals surface area (Å²) in [6.45, 7) is 1.63. The second-order valence-corrected chi connectivity index (χ2v) is 6.69. The number of hydrogen-bond donors (Lipinski definition) is 2. The summed E-state index contributed by atoms with van der Waals surface area (Å²) in [5.74, 6) is -1.50. The first-order valence-electron chi connectivity index (χ1n) is 6.95. The van der Waals surface area contributed by atoms with Gasteiger partial charge in [0, 0.05) is 29.3 Å². The fraction of sp³-hybridized carbons (Fsp3) is 0.333.